The molecule has 0 spiro atoms. The Hall–Kier alpha value is -8.22. The molecule has 0 radical (unpaired) electrons. The van der Waals surface area contributed by atoms with Crippen LogP contribution in [-0.4, -0.2) is 29.9 Å². The molecule has 10 aromatic rings. The summed E-state index contributed by atoms with van der Waals surface area (Å²) in [6.07, 6.45) is 0. The highest BCUT2D eigenvalue weighted by Crippen LogP contribution is 2.37. The normalized spacial score (nSPS) is 11.0. The van der Waals surface area contributed by atoms with E-state index in [4.69, 9.17) is 29.9 Å². The van der Waals surface area contributed by atoms with E-state index >= 15 is 0 Å². The number of hydrogen-bond acceptors (Lipinski definition) is 6. The molecule has 61 heavy (non-hydrogen) atoms. The summed E-state index contributed by atoms with van der Waals surface area (Å²) in [6.45, 7) is 2.03. The van der Waals surface area contributed by atoms with Gasteiger partial charge in [-0.25, -0.2) is 24.9 Å². The van der Waals surface area contributed by atoms with E-state index in [1.165, 1.54) is 0 Å². The van der Waals surface area contributed by atoms with E-state index in [-0.39, 0.29) is 0 Å². The number of nitrogens with zero attached hydrogens (tertiary/aromatic N) is 6. The smallest absolute Gasteiger partial charge is 0.164 e. The molecule has 0 bridgehead atoms. The van der Waals surface area contributed by atoms with Crippen molar-refractivity contribution in [3.05, 3.63) is 218 Å². The van der Waals surface area contributed by atoms with Crippen LogP contribution in [-0.2, 0) is 0 Å². The zero-order chi connectivity index (χ0) is 41.0. The van der Waals surface area contributed by atoms with E-state index in [1.54, 1.807) is 0 Å². The van der Waals surface area contributed by atoms with Gasteiger partial charge in [-0.05, 0) is 53.4 Å². The van der Waals surface area contributed by atoms with Gasteiger partial charge in [-0.15, -0.1) is 0 Å². The SMILES string of the molecule is Cc1cccc(-c2cc(-c3ccc(-c4cc(-c5ccccc5)nc(-c5ccccc5)n4)cc3)ccc2-c2ccc(-c3nc(-c4ccccc4)nc(-c4ccccc4)n3)cc2)n1. The van der Waals surface area contributed by atoms with Gasteiger partial charge in [0.1, 0.15) is 0 Å². The van der Waals surface area contributed by atoms with Crippen LogP contribution in [0.4, 0.5) is 0 Å². The molecule has 288 valence electrons. The maximum Gasteiger partial charge on any atom is 0.164 e. The first-order valence-electron chi connectivity index (χ1n) is 20.3. The Bertz CT molecular complexity index is 2980. The highest BCUT2D eigenvalue weighted by molar-refractivity contribution is 5.87. The quantitative estimate of drug-likeness (QED) is 0.145. The largest absolute Gasteiger partial charge is 0.253 e. The Kier molecular flexibility index (Phi) is 10.1. The molecule has 3 heterocycles. The summed E-state index contributed by atoms with van der Waals surface area (Å²) in [4.78, 5) is 29.7. The average molecular weight is 783 g/mol. The van der Waals surface area contributed by atoms with Crippen LogP contribution >= 0.6 is 0 Å². The first-order chi connectivity index (χ1) is 30.1. The third-order valence-electron chi connectivity index (χ3n) is 10.7. The van der Waals surface area contributed by atoms with Gasteiger partial charge >= 0.3 is 0 Å². The molecular weight excluding hydrogens is 745 g/mol. The first kappa shape index (κ1) is 37.1. The molecule has 6 nitrogen and oxygen atoms in total. The molecule has 0 saturated carbocycles. The third kappa shape index (κ3) is 7.98. The third-order valence-corrected chi connectivity index (χ3v) is 10.7. The minimum Gasteiger partial charge on any atom is -0.253 e. The van der Waals surface area contributed by atoms with Crippen molar-refractivity contribution in [1.29, 1.82) is 0 Å². The maximum atomic E-state index is 5.04. The topological polar surface area (TPSA) is 77.3 Å². The van der Waals surface area contributed by atoms with Gasteiger partial charge in [0.15, 0.2) is 23.3 Å². The van der Waals surface area contributed by atoms with Crippen LogP contribution in [0.25, 0.3) is 102 Å². The van der Waals surface area contributed by atoms with E-state index in [1.807, 2.05) is 122 Å². The lowest BCUT2D eigenvalue weighted by Crippen LogP contribution is -2.00. The molecule has 3 aromatic heterocycles. The summed E-state index contributed by atoms with van der Waals surface area (Å²) in [7, 11) is 0. The van der Waals surface area contributed by atoms with E-state index in [2.05, 4.69) is 97.1 Å². The average Bonchev–Trinajstić information content (AvgIpc) is 3.35. The molecule has 0 aliphatic carbocycles. The zero-order valence-corrected chi connectivity index (χ0v) is 33.4. The predicted octanol–water partition coefficient (Wildman–Crippen LogP) is 13.4. The van der Waals surface area contributed by atoms with Gasteiger partial charge in [0.05, 0.1) is 17.1 Å². The van der Waals surface area contributed by atoms with Crippen LogP contribution < -0.4 is 0 Å². The zero-order valence-electron chi connectivity index (χ0n) is 33.4. The van der Waals surface area contributed by atoms with Crippen molar-refractivity contribution in [3.63, 3.8) is 0 Å². The maximum absolute atomic E-state index is 5.04. The van der Waals surface area contributed by atoms with Gasteiger partial charge in [-0.3, -0.25) is 4.98 Å². The van der Waals surface area contributed by atoms with Crippen LogP contribution in [0, 0.1) is 6.92 Å². The molecule has 6 heteroatoms. The number of rotatable bonds is 9. The van der Waals surface area contributed by atoms with Gasteiger partial charge in [0.2, 0.25) is 0 Å². The number of aryl methyl sites for hydroxylation is 1. The van der Waals surface area contributed by atoms with Crippen LogP contribution in [0.1, 0.15) is 5.69 Å². The van der Waals surface area contributed by atoms with Crippen molar-refractivity contribution in [2.24, 2.45) is 0 Å². The van der Waals surface area contributed by atoms with Crippen molar-refractivity contribution in [2.45, 2.75) is 6.92 Å². The number of pyridine rings is 1. The summed E-state index contributed by atoms with van der Waals surface area (Å²) in [5, 5.41) is 0. The second-order valence-electron chi connectivity index (χ2n) is 14.8. The molecule has 0 unspecified atom stereocenters. The Balaban J connectivity index is 1.00. The molecule has 7 aromatic carbocycles. The summed E-state index contributed by atoms with van der Waals surface area (Å²) < 4.78 is 0. The highest BCUT2D eigenvalue weighted by atomic mass is 15.0. The summed E-state index contributed by atoms with van der Waals surface area (Å²) in [6, 6.07) is 72.5. The van der Waals surface area contributed by atoms with E-state index < -0.39 is 0 Å². The summed E-state index contributed by atoms with van der Waals surface area (Å²) in [5.41, 5.74) is 14.8. The number of benzene rings is 7. The standard InChI is InChI=1S/C55H38N6/c1-37-15-14-24-49(56-37)48-35-46(38-25-29-41(30-26-38)51-36-50(40-16-6-2-7-17-40)57-52(58-51)42-18-8-3-9-19-42)33-34-47(48)39-27-31-45(32-28-39)55-60-53(43-20-10-4-11-21-43)59-54(61-55)44-22-12-5-13-23-44/h2-36H,1H3. The lowest BCUT2D eigenvalue weighted by Gasteiger charge is -2.14. The molecule has 0 atom stereocenters. The molecule has 0 aliphatic heterocycles. The fourth-order valence-corrected chi connectivity index (χ4v) is 7.52. The van der Waals surface area contributed by atoms with Crippen LogP contribution in [0.15, 0.2) is 212 Å². The lowest BCUT2D eigenvalue weighted by molar-refractivity contribution is 1.07. The Morgan fingerprint density at radius 2 is 0.623 bits per heavy atom. The Labute approximate surface area is 355 Å². The van der Waals surface area contributed by atoms with Gasteiger partial charge in [0, 0.05) is 44.6 Å². The highest BCUT2D eigenvalue weighted by Gasteiger charge is 2.16. The van der Waals surface area contributed by atoms with Crippen LogP contribution in [0.5, 0.6) is 0 Å². The first-order valence-corrected chi connectivity index (χ1v) is 20.3. The summed E-state index contributed by atoms with van der Waals surface area (Å²) >= 11 is 0. The van der Waals surface area contributed by atoms with Crippen molar-refractivity contribution < 1.29 is 0 Å². The number of hydrogen-bond donors (Lipinski definition) is 0. The van der Waals surface area contributed by atoms with Gasteiger partial charge in [-0.2, -0.15) is 0 Å². The Morgan fingerprint density at radius 1 is 0.230 bits per heavy atom. The molecule has 0 saturated heterocycles. The van der Waals surface area contributed by atoms with Gasteiger partial charge < -0.3 is 0 Å². The van der Waals surface area contributed by atoms with Crippen LogP contribution in [0.3, 0.4) is 0 Å². The van der Waals surface area contributed by atoms with Crippen molar-refractivity contribution in [2.75, 3.05) is 0 Å². The van der Waals surface area contributed by atoms with Gasteiger partial charge in [0.25, 0.3) is 0 Å². The van der Waals surface area contributed by atoms with Crippen molar-refractivity contribution in [1.82, 2.24) is 29.9 Å². The van der Waals surface area contributed by atoms with Crippen LogP contribution in [0.2, 0.25) is 0 Å². The summed E-state index contributed by atoms with van der Waals surface area (Å²) in [5.74, 6) is 2.59. The van der Waals surface area contributed by atoms with E-state index in [0.717, 1.165) is 84.0 Å². The predicted molar refractivity (Wildman–Crippen MR) is 247 cm³/mol. The van der Waals surface area contributed by atoms with Gasteiger partial charge in [-0.1, -0.05) is 188 Å². The van der Waals surface area contributed by atoms with E-state index in [9.17, 15) is 0 Å². The fraction of sp³-hybridized carbons (Fsp3) is 0.0182. The monoisotopic (exact) mass is 782 g/mol. The minimum absolute atomic E-state index is 0.619. The molecule has 0 fully saturated rings. The second-order valence-corrected chi connectivity index (χ2v) is 14.8. The second kappa shape index (κ2) is 16.6. The minimum atomic E-state index is 0.619. The molecule has 0 N–H and O–H groups in total. The fourth-order valence-electron chi connectivity index (χ4n) is 7.52. The lowest BCUT2D eigenvalue weighted by atomic mass is 9.92. The number of aromatic nitrogens is 6. The molecule has 10 rings (SSSR count). The molecular formula is C55H38N6. The Morgan fingerprint density at radius 3 is 1.13 bits per heavy atom. The molecule has 0 amide bonds. The molecule has 0 aliphatic rings. The van der Waals surface area contributed by atoms with E-state index in [0.29, 0.717) is 23.3 Å². The van der Waals surface area contributed by atoms with Crippen molar-refractivity contribution in [3.8, 4) is 102 Å². The van der Waals surface area contributed by atoms with Crippen molar-refractivity contribution >= 4 is 0 Å².